The number of hydrogen-bond acceptors (Lipinski definition) is 7. The molecule has 9 heteroatoms. The topological polar surface area (TPSA) is 111 Å². The Bertz CT molecular complexity index is 1190. The van der Waals surface area contributed by atoms with E-state index in [0.29, 0.717) is 40.6 Å². The summed E-state index contributed by atoms with van der Waals surface area (Å²) in [6, 6.07) is 9.61. The Labute approximate surface area is 193 Å². The molecule has 0 bridgehead atoms. The van der Waals surface area contributed by atoms with Crippen LogP contribution < -0.4 is 20.1 Å². The van der Waals surface area contributed by atoms with E-state index in [1.807, 2.05) is 6.92 Å². The van der Waals surface area contributed by atoms with Crippen LogP contribution in [0.3, 0.4) is 0 Å². The normalized spacial score (nSPS) is 18.3. The van der Waals surface area contributed by atoms with Gasteiger partial charge >= 0.3 is 0 Å². The number of amides is 1. The predicted octanol–water partition coefficient (Wildman–Crippen LogP) is 3.25. The van der Waals surface area contributed by atoms with Gasteiger partial charge in [0.1, 0.15) is 9.84 Å². The van der Waals surface area contributed by atoms with Crippen molar-refractivity contribution < 1.29 is 27.5 Å². The van der Waals surface area contributed by atoms with Crippen LogP contribution in [0.1, 0.15) is 41.6 Å². The molecule has 8 nitrogen and oxygen atoms in total. The Morgan fingerprint density at radius 3 is 2.61 bits per heavy atom. The second kappa shape index (κ2) is 9.05. The molecule has 1 aliphatic carbocycles. The second-order valence-corrected chi connectivity index (χ2v) is 10.7. The molecular formula is C24H28N2O6S. The highest BCUT2D eigenvalue weighted by Gasteiger charge is 2.40. The van der Waals surface area contributed by atoms with Gasteiger partial charge in [-0.05, 0) is 49.6 Å². The molecule has 1 aliphatic heterocycles. The van der Waals surface area contributed by atoms with Gasteiger partial charge in [-0.3, -0.25) is 9.59 Å². The van der Waals surface area contributed by atoms with Gasteiger partial charge in [-0.1, -0.05) is 12.1 Å². The number of carbonyl (C=O) groups excluding carboxylic acids is 2. The second-order valence-electron chi connectivity index (χ2n) is 8.52. The van der Waals surface area contributed by atoms with Gasteiger partial charge in [0.05, 0.1) is 36.8 Å². The maximum Gasteiger partial charge on any atom is 0.227 e. The fourth-order valence-electron chi connectivity index (χ4n) is 4.20. The predicted molar refractivity (Wildman–Crippen MR) is 126 cm³/mol. The summed E-state index contributed by atoms with van der Waals surface area (Å²) in [4.78, 5) is 25.9. The van der Waals surface area contributed by atoms with Gasteiger partial charge in [0, 0.05) is 23.8 Å². The van der Waals surface area contributed by atoms with Gasteiger partial charge in [0.25, 0.3) is 0 Å². The molecule has 1 amide bonds. The van der Waals surface area contributed by atoms with Crippen molar-refractivity contribution in [3.8, 4) is 11.5 Å². The molecule has 2 aliphatic rings. The van der Waals surface area contributed by atoms with Crippen molar-refractivity contribution in [2.75, 3.05) is 36.4 Å². The number of rotatable bonds is 9. The van der Waals surface area contributed by atoms with Crippen molar-refractivity contribution in [1.29, 1.82) is 0 Å². The van der Waals surface area contributed by atoms with Crippen LogP contribution in [0.5, 0.6) is 11.5 Å². The van der Waals surface area contributed by atoms with Crippen LogP contribution in [0.25, 0.3) is 0 Å². The van der Waals surface area contributed by atoms with E-state index in [4.69, 9.17) is 9.47 Å². The molecule has 0 spiro atoms. The largest absolute Gasteiger partial charge is 0.493 e. The van der Waals surface area contributed by atoms with Crippen LogP contribution in [0, 0.1) is 5.92 Å². The van der Waals surface area contributed by atoms with Crippen molar-refractivity contribution in [2.24, 2.45) is 5.92 Å². The fourth-order valence-corrected chi connectivity index (χ4v) is 5.23. The van der Waals surface area contributed by atoms with Crippen molar-refractivity contribution in [3.63, 3.8) is 0 Å². The minimum atomic E-state index is -3.43. The number of benzene rings is 2. The van der Waals surface area contributed by atoms with Crippen molar-refractivity contribution in [1.82, 2.24) is 0 Å². The number of carbonyl (C=O) groups is 2. The first-order valence-electron chi connectivity index (χ1n) is 10.9. The maximum absolute atomic E-state index is 13.6. The van der Waals surface area contributed by atoms with E-state index in [0.717, 1.165) is 19.1 Å². The standard InChI is InChI=1S/C24H28N2O6S/c1-4-32-20-12-15(10-11-19(20)31-2)16(13-33(3,29)30)22-23(27)21-17(25-22)6-5-7-18(21)26-24(28)14-8-9-14/h5-7,10-12,14,16,22,25H,4,8-9,13H2,1-3H3,(H,26,28)/t16-,22?/m0/s1. The number of sulfone groups is 1. The number of ether oxygens (including phenoxy) is 2. The first kappa shape index (κ1) is 23.1. The first-order chi connectivity index (χ1) is 15.7. The number of anilines is 2. The molecular weight excluding hydrogens is 444 g/mol. The smallest absolute Gasteiger partial charge is 0.227 e. The average molecular weight is 473 g/mol. The van der Waals surface area contributed by atoms with Gasteiger partial charge < -0.3 is 20.1 Å². The highest BCUT2D eigenvalue weighted by Crippen LogP contribution is 2.40. The Morgan fingerprint density at radius 2 is 1.97 bits per heavy atom. The number of ketones is 1. The van der Waals surface area contributed by atoms with E-state index in [1.165, 1.54) is 7.11 Å². The van der Waals surface area contributed by atoms with E-state index < -0.39 is 21.8 Å². The number of nitrogens with one attached hydrogen (secondary N) is 2. The molecule has 0 radical (unpaired) electrons. The molecule has 1 saturated carbocycles. The van der Waals surface area contributed by atoms with Crippen molar-refractivity contribution >= 4 is 32.9 Å². The lowest BCUT2D eigenvalue weighted by Crippen LogP contribution is -2.34. The van der Waals surface area contributed by atoms with Crippen LogP contribution >= 0.6 is 0 Å². The first-order valence-corrected chi connectivity index (χ1v) is 13.0. The summed E-state index contributed by atoms with van der Waals surface area (Å²) in [5.41, 5.74) is 2.06. The molecule has 176 valence electrons. The van der Waals surface area contributed by atoms with Crippen LogP contribution in [0.4, 0.5) is 11.4 Å². The van der Waals surface area contributed by atoms with Crippen LogP contribution in [0.15, 0.2) is 36.4 Å². The molecule has 33 heavy (non-hydrogen) atoms. The van der Waals surface area contributed by atoms with E-state index in [2.05, 4.69) is 10.6 Å². The highest BCUT2D eigenvalue weighted by atomic mass is 32.2. The zero-order valence-corrected chi connectivity index (χ0v) is 19.7. The summed E-state index contributed by atoms with van der Waals surface area (Å²) in [6.45, 7) is 2.25. The maximum atomic E-state index is 13.6. The summed E-state index contributed by atoms with van der Waals surface area (Å²) in [5, 5.41) is 6.08. The summed E-state index contributed by atoms with van der Waals surface area (Å²) in [6.07, 6.45) is 2.86. The van der Waals surface area contributed by atoms with Crippen molar-refractivity contribution in [2.45, 2.75) is 31.7 Å². The lowest BCUT2D eigenvalue weighted by molar-refractivity contribution is -0.117. The molecule has 2 aromatic carbocycles. The lowest BCUT2D eigenvalue weighted by Gasteiger charge is -2.24. The molecule has 1 heterocycles. The zero-order chi connectivity index (χ0) is 23.8. The molecule has 0 saturated heterocycles. The Morgan fingerprint density at radius 1 is 1.21 bits per heavy atom. The van der Waals surface area contributed by atoms with Crippen LogP contribution in [-0.4, -0.2) is 51.9 Å². The number of methoxy groups -OCH3 is 1. The van der Waals surface area contributed by atoms with E-state index in [9.17, 15) is 18.0 Å². The van der Waals surface area contributed by atoms with Crippen molar-refractivity contribution in [3.05, 3.63) is 47.5 Å². The van der Waals surface area contributed by atoms with Gasteiger partial charge in [-0.25, -0.2) is 8.42 Å². The third-order valence-corrected chi connectivity index (χ3v) is 6.88. The summed E-state index contributed by atoms with van der Waals surface area (Å²) in [5.74, 6) is -0.240. The Hall–Kier alpha value is -3.07. The third-order valence-electron chi connectivity index (χ3n) is 5.91. The van der Waals surface area contributed by atoms with E-state index in [1.54, 1.807) is 36.4 Å². The number of Topliss-reactive ketones (excluding diaryl/α,β-unsaturated/α-hetero) is 1. The van der Waals surface area contributed by atoms with Crippen LogP contribution in [-0.2, 0) is 14.6 Å². The minimum absolute atomic E-state index is 0.00427. The van der Waals surface area contributed by atoms with Crippen LogP contribution in [0.2, 0.25) is 0 Å². The monoisotopic (exact) mass is 472 g/mol. The molecule has 2 N–H and O–H groups in total. The van der Waals surface area contributed by atoms with E-state index in [-0.39, 0.29) is 23.4 Å². The molecule has 0 aromatic heterocycles. The zero-order valence-electron chi connectivity index (χ0n) is 18.9. The lowest BCUT2D eigenvalue weighted by atomic mass is 9.89. The molecule has 2 aromatic rings. The van der Waals surface area contributed by atoms with E-state index >= 15 is 0 Å². The Kier molecular flexibility index (Phi) is 6.34. The molecule has 1 fully saturated rings. The molecule has 4 rings (SSSR count). The SMILES string of the molecule is CCOc1cc([C@H](CS(C)(=O)=O)C2Nc3cccc(NC(=O)C4CC4)c3C2=O)ccc1OC. The summed E-state index contributed by atoms with van der Waals surface area (Å²) < 4.78 is 35.7. The quantitative estimate of drug-likeness (QED) is 0.576. The summed E-state index contributed by atoms with van der Waals surface area (Å²) >= 11 is 0. The van der Waals surface area contributed by atoms with Gasteiger partial charge in [0.2, 0.25) is 5.91 Å². The number of hydrogen-bond donors (Lipinski definition) is 2. The van der Waals surface area contributed by atoms with Gasteiger partial charge in [0.15, 0.2) is 17.3 Å². The molecule has 2 atom stereocenters. The number of fused-ring (bicyclic) bond motifs is 1. The highest BCUT2D eigenvalue weighted by molar-refractivity contribution is 7.90. The summed E-state index contributed by atoms with van der Waals surface area (Å²) in [7, 11) is -1.90. The fraction of sp³-hybridized carbons (Fsp3) is 0.417. The van der Waals surface area contributed by atoms with Gasteiger partial charge in [-0.15, -0.1) is 0 Å². The average Bonchev–Trinajstić information content (AvgIpc) is 3.56. The van der Waals surface area contributed by atoms with Gasteiger partial charge in [-0.2, -0.15) is 0 Å². The minimum Gasteiger partial charge on any atom is -0.493 e. The third kappa shape index (κ3) is 4.98. The molecule has 1 unspecified atom stereocenters. The Balaban J connectivity index is 1.70.